The first-order valence-electron chi connectivity index (χ1n) is 17.2. The molecule has 0 atom stereocenters. The molecule has 0 unspecified atom stereocenters. The maximum Gasteiger partial charge on any atom is 0.359 e. The number of carbonyl (C=O) groups is 4. The van der Waals surface area contributed by atoms with Crippen LogP contribution in [0.25, 0.3) is 5.69 Å². The van der Waals surface area contributed by atoms with Crippen LogP contribution in [0, 0.1) is 10.8 Å². The Bertz CT molecular complexity index is 1470. The second-order valence-corrected chi connectivity index (χ2v) is 13.2. The summed E-state index contributed by atoms with van der Waals surface area (Å²) in [5.74, 6) is -3.74. The van der Waals surface area contributed by atoms with Gasteiger partial charge in [-0.3, -0.25) is 19.0 Å². The van der Waals surface area contributed by atoms with Gasteiger partial charge in [0.15, 0.2) is 11.4 Å². The number of esters is 3. The van der Waals surface area contributed by atoms with Crippen molar-refractivity contribution in [3.05, 3.63) is 35.7 Å². The van der Waals surface area contributed by atoms with Crippen LogP contribution in [0.4, 0.5) is 0 Å². The first-order valence-corrected chi connectivity index (χ1v) is 17.2. The van der Waals surface area contributed by atoms with Crippen LogP contribution in [0.3, 0.4) is 0 Å². The van der Waals surface area contributed by atoms with E-state index < -0.39 is 46.1 Å². The van der Waals surface area contributed by atoms with Crippen LogP contribution < -0.4 is 14.2 Å². The fourth-order valence-electron chi connectivity index (χ4n) is 4.46. The molecule has 0 N–H and O–H groups in total. The number of methoxy groups -OCH3 is 3. The maximum absolute atomic E-state index is 14.0. The molecule has 0 radical (unpaired) electrons. The van der Waals surface area contributed by atoms with Gasteiger partial charge < -0.3 is 52.3 Å². The molecule has 0 fully saturated rings. The Morgan fingerprint density at radius 2 is 1.08 bits per heavy atom. The van der Waals surface area contributed by atoms with Crippen LogP contribution in [0.15, 0.2) is 24.3 Å². The number of hydrogen-bond donors (Lipinski definition) is 0. The van der Waals surface area contributed by atoms with Gasteiger partial charge in [-0.25, -0.2) is 4.79 Å². The predicted molar refractivity (Wildman–Crippen MR) is 192 cm³/mol. The number of ether oxygens (including phenoxy) is 10. The van der Waals surface area contributed by atoms with E-state index in [1.54, 1.807) is 73.1 Å². The summed E-state index contributed by atoms with van der Waals surface area (Å²) < 4.78 is 56.1. The zero-order chi connectivity index (χ0) is 39.6. The third kappa shape index (κ3) is 13.4. The standard InChI is InChI=1S/C37H56N2O14/c1-11-51-33(41)29-31(53-35(43)37(4,5)25-50-23-21-48-19-17-45-9)30(52-34(42)36(2,3)24-49-22-20-47-18-16-44-8)28(32(40)38(6)7)39(29)26-12-14-27(46-10)15-13-26/h12-15H,11,16-25H2,1-10H3. The van der Waals surface area contributed by atoms with Crippen molar-refractivity contribution in [1.82, 2.24) is 9.47 Å². The number of amides is 1. The molecule has 16 nitrogen and oxygen atoms in total. The first-order chi connectivity index (χ1) is 25.2. The lowest BCUT2D eigenvalue weighted by Gasteiger charge is -2.24. The lowest BCUT2D eigenvalue weighted by molar-refractivity contribution is -0.150. The summed E-state index contributed by atoms with van der Waals surface area (Å²) in [7, 11) is 7.60. The van der Waals surface area contributed by atoms with Crippen molar-refractivity contribution in [2.24, 2.45) is 10.8 Å². The third-order valence-electron chi connectivity index (χ3n) is 7.52. The van der Waals surface area contributed by atoms with Gasteiger partial charge in [-0.15, -0.1) is 0 Å². The number of aromatic nitrogens is 1. The third-order valence-corrected chi connectivity index (χ3v) is 7.52. The molecule has 1 amide bonds. The highest BCUT2D eigenvalue weighted by molar-refractivity contribution is 6.04. The SMILES string of the molecule is CCOC(=O)c1c(OC(=O)C(C)(C)COCCOCCOC)c(OC(=O)C(C)(C)COCCOCCOC)c(C(=O)N(C)C)n1-c1ccc(OC)cc1. The van der Waals surface area contributed by atoms with Crippen molar-refractivity contribution in [3.63, 3.8) is 0 Å². The molecule has 53 heavy (non-hydrogen) atoms. The van der Waals surface area contributed by atoms with Crippen molar-refractivity contribution in [1.29, 1.82) is 0 Å². The van der Waals surface area contributed by atoms with Crippen molar-refractivity contribution >= 4 is 23.8 Å². The molecule has 1 heterocycles. The van der Waals surface area contributed by atoms with E-state index in [1.165, 1.54) is 30.7 Å². The molecule has 2 aromatic rings. The molecular weight excluding hydrogens is 696 g/mol. The Kier molecular flexibility index (Phi) is 18.9. The number of benzene rings is 1. The van der Waals surface area contributed by atoms with Crippen LogP contribution >= 0.6 is 0 Å². The molecule has 2 rings (SSSR count). The summed E-state index contributed by atoms with van der Waals surface area (Å²) in [4.78, 5) is 56.9. The summed E-state index contributed by atoms with van der Waals surface area (Å²) in [6, 6.07) is 6.41. The van der Waals surface area contributed by atoms with E-state index >= 15 is 0 Å². The fourth-order valence-corrected chi connectivity index (χ4v) is 4.46. The van der Waals surface area contributed by atoms with E-state index in [0.29, 0.717) is 32.2 Å². The monoisotopic (exact) mass is 752 g/mol. The van der Waals surface area contributed by atoms with Crippen LogP contribution in [0.1, 0.15) is 55.6 Å². The van der Waals surface area contributed by atoms with Gasteiger partial charge >= 0.3 is 17.9 Å². The van der Waals surface area contributed by atoms with Gasteiger partial charge in [-0.2, -0.15) is 0 Å². The molecule has 0 saturated heterocycles. The Balaban J connectivity index is 2.68. The second-order valence-electron chi connectivity index (χ2n) is 13.2. The van der Waals surface area contributed by atoms with Crippen molar-refractivity contribution in [2.45, 2.75) is 34.6 Å². The van der Waals surface area contributed by atoms with Gasteiger partial charge in [-0.1, -0.05) is 0 Å². The van der Waals surface area contributed by atoms with Crippen LogP contribution in [0.2, 0.25) is 0 Å². The zero-order valence-electron chi connectivity index (χ0n) is 32.7. The summed E-state index contributed by atoms with van der Waals surface area (Å²) >= 11 is 0. The van der Waals surface area contributed by atoms with Gasteiger partial charge in [0.1, 0.15) is 5.75 Å². The van der Waals surface area contributed by atoms with Gasteiger partial charge in [-0.05, 0) is 58.9 Å². The Hall–Kier alpha value is -4.06. The van der Waals surface area contributed by atoms with Gasteiger partial charge in [0.25, 0.3) is 5.91 Å². The van der Waals surface area contributed by atoms with Crippen LogP contribution in [-0.4, -0.2) is 141 Å². The number of hydrogen-bond acceptors (Lipinski definition) is 14. The quantitative estimate of drug-likeness (QED) is 0.107. The molecule has 0 aliphatic heterocycles. The molecule has 0 spiro atoms. The predicted octanol–water partition coefficient (Wildman–Crippen LogP) is 3.59. The summed E-state index contributed by atoms with van der Waals surface area (Å²) in [6.07, 6.45) is 0. The fraction of sp³-hybridized carbons (Fsp3) is 0.622. The molecule has 0 bridgehead atoms. The highest BCUT2D eigenvalue weighted by Crippen LogP contribution is 2.43. The molecule has 298 valence electrons. The molecule has 1 aromatic heterocycles. The van der Waals surface area contributed by atoms with E-state index in [9.17, 15) is 19.2 Å². The lowest BCUT2D eigenvalue weighted by atomic mass is 9.95. The largest absolute Gasteiger partial charge is 0.497 e. The van der Waals surface area contributed by atoms with Crippen LogP contribution in [-0.2, 0) is 42.7 Å². The Morgan fingerprint density at radius 3 is 1.49 bits per heavy atom. The molecule has 16 heteroatoms. The van der Waals surface area contributed by atoms with Crippen LogP contribution in [0.5, 0.6) is 17.2 Å². The highest BCUT2D eigenvalue weighted by Gasteiger charge is 2.42. The van der Waals surface area contributed by atoms with E-state index in [2.05, 4.69) is 0 Å². The molecular formula is C37H56N2O14. The molecule has 0 aliphatic rings. The van der Waals surface area contributed by atoms with Gasteiger partial charge in [0.05, 0.1) is 90.6 Å². The number of nitrogens with zero attached hydrogens (tertiary/aromatic N) is 2. The van der Waals surface area contributed by atoms with Crippen molar-refractivity contribution < 1.29 is 66.5 Å². The summed E-state index contributed by atoms with van der Waals surface area (Å²) in [5, 5.41) is 0. The first kappa shape index (κ1) is 45.1. The lowest BCUT2D eigenvalue weighted by Crippen LogP contribution is -2.36. The average Bonchev–Trinajstić information content (AvgIpc) is 3.43. The van der Waals surface area contributed by atoms with E-state index in [0.717, 1.165) is 0 Å². The smallest absolute Gasteiger partial charge is 0.359 e. The molecule has 1 aromatic carbocycles. The zero-order valence-corrected chi connectivity index (χ0v) is 32.7. The Labute approximate surface area is 311 Å². The molecule has 0 aliphatic carbocycles. The minimum atomic E-state index is -1.29. The second kappa shape index (κ2) is 22.2. The number of carbonyl (C=O) groups excluding carboxylic acids is 4. The molecule has 0 saturated carbocycles. The van der Waals surface area contributed by atoms with Crippen molar-refractivity contribution in [2.75, 3.05) is 108 Å². The Morgan fingerprint density at radius 1 is 0.642 bits per heavy atom. The summed E-state index contributed by atoms with van der Waals surface area (Å²) in [6.45, 7) is 10.2. The normalized spacial score (nSPS) is 11.7. The van der Waals surface area contributed by atoms with Crippen molar-refractivity contribution in [3.8, 4) is 22.9 Å². The topological polar surface area (TPSA) is 169 Å². The summed E-state index contributed by atoms with van der Waals surface area (Å²) in [5.41, 5.74) is -2.91. The van der Waals surface area contributed by atoms with E-state index in [1.807, 2.05) is 0 Å². The van der Waals surface area contributed by atoms with Gasteiger partial charge in [0.2, 0.25) is 11.5 Å². The average molecular weight is 753 g/mol. The highest BCUT2D eigenvalue weighted by atomic mass is 16.6. The number of rotatable bonds is 25. The van der Waals surface area contributed by atoms with Gasteiger partial charge in [0, 0.05) is 34.0 Å². The van der Waals surface area contributed by atoms with E-state index in [4.69, 9.17) is 47.4 Å². The minimum Gasteiger partial charge on any atom is -0.497 e. The van der Waals surface area contributed by atoms with E-state index in [-0.39, 0.29) is 63.3 Å². The maximum atomic E-state index is 14.0. The minimum absolute atomic E-state index is 0.0581.